The van der Waals surface area contributed by atoms with E-state index in [0.717, 1.165) is 19.5 Å². The van der Waals surface area contributed by atoms with Crippen molar-refractivity contribution in [2.75, 3.05) is 33.2 Å². The predicted octanol–water partition coefficient (Wildman–Crippen LogP) is 0.355. The van der Waals surface area contributed by atoms with Crippen LogP contribution in [0, 0.1) is 5.92 Å². The maximum atomic E-state index is 12.1. The summed E-state index contributed by atoms with van der Waals surface area (Å²) in [6.07, 6.45) is 3.24. The molecule has 4 aliphatic rings. The topological polar surface area (TPSA) is 23.6 Å². The number of likely N-dealkylation sites (tertiary alicyclic amines) is 1. The molecule has 1 spiro atoms. The summed E-state index contributed by atoms with van der Waals surface area (Å²) in [5.74, 6) is 1.15. The van der Waals surface area contributed by atoms with Gasteiger partial charge in [0.1, 0.15) is 0 Å². The molecule has 4 saturated heterocycles. The van der Waals surface area contributed by atoms with Crippen molar-refractivity contribution < 1.29 is 4.79 Å². The summed E-state index contributed by atoms with van der Waals surface area (Å²) in [5, 5.41) is 0. The molecule has 0 amide bonds. The third-order valence-electron chi connectivity index (χ3n) is 4.57. The molecule has 0 aromatic rings. The van der Waals surface area contributed by atoms with Gasteiger partial charge in [0.15, 0.2) is 5.78 Å². The van der Waals surface area contributed by atoms with Gasteiger partial charge >= 0.3 is 0 Å². The van der Waals surface area contributed by atoms with Gasteiger partial charge < -0.3 is 4.90 Å². The molecule has 3 heteroatoms. The number of nitrogens with zero attached hydrogens (tertiary/aromatic N) is 2. The van der Waals surface area contributed by atoms with Gasteiger partial charge in [-0.05, 0) is 38.9 Å². The minimum atomic E-state index is -0.0729. The molecule has 4 heterocycles. The third kappa shape index (κ3) is 0.920. The number of hydrogen-bond acceptors (Lipinski definition) is 3. The fraction of sp³-hybridized carbons (Fsp3) is 0.909. The van der Waals surface area contributed by atoms with Gasteiger partial charge in [0, 0.05) is 19.5 Å². The number of piperidine rings is 3. The van der Waals surface area contributed by atoms with E-state index >= 15 is 0 Å². The average molecular weight is 194 g/mol. The first-order valence-electron chi connectivity index (χ1n) is 5.70. The van der Waals surface area contributed by atoms with Crippen molar-refractivity contribution in [3.8, 4) is 0 Å². The molecular weight excluding hydrogens is 176 g/mol. The number of rotatable bonds is 0. The summed E-state index contributed by atoms with van der Waals surface area (Å²) in [5.41, 5.74) is -0.0729. The number of carbonyl (C=O) groups excluding carboxylic acids is 1. The van der Waals surface area contributed by atoms with Crippen LogP contribution in [0.25, 0.3) is 0 Å². The fourth-order valence-corrected chi connectivity index (χ4v) is 3.68. The Morgan fingerprint density at radius 2 is 2.00 bits per heavy atom. The summed E-state index contributed by atoms with van der Waals surface area (Å²) in [4.78, 5) is 16.9. The molecule has 2 bridgehead atoms. The van der Waals surface area contributed by atoms with Gasteiger partial charge in [-0.15, -0.1) is 0 Å². The van der Waals surface area contributed by atoms with Crippen molar-refractivity contribution in [1.29, 1.82) is 0 Å². The Morgan fingerprint density at radius 1 is 1.29 bits per heavy atom. The van der Waals surface area contributed by atoms with Gasteiger partial charge in [0.25, 0.3) is 0 Å². The summed E-state index contributed by atoms with van der Waals surface area (Å²) in [7, 11) is 2.13. The summed E-state index contributed by atoms with van der Waals surface area (Å²) in [6, 6.07) is 0. The van der Waals surface area contributed by atoms with Crippen molar-refractivity contribution in [3.05, 3.63) is 0 Å². The molecule has 0 saturated carbocycles. The standard InChI is InChI=1S/C11H18N2O/c1-12-5-4-10(14)11(12)8-13-6-2-9(11)3-7-13/h9H,2-8H2,1H3. The zero-order valence-electron chi connectivity index (χ0n) is 8.83. The van der Waals surface area contributed by atoms with E-state index in [4.69, 9.17) is 0 Å². The number of Topliss-reactive ketones (excluding diaryl/α,β-unsaturated/α-hetero) is 1. The molecule has 3 nitrogen and oxygen atoms in total. The molecular formula is C11H18N2O. The number of likely N-dealkylation sites (N-methyl/N-ethyl adjacent to an activating group) is 1. The van der Waals surface area contributed by atoms with Crippen molar-refractivity contribution in [2.24, 2.45) is 5.92 Å². The second kappa shape index (κ2) is 2.80. The van der Waals surface area contributed by atoms with Crippen molar-refractivity contribution in [1.82, 2.24) is 9.80 Å². The Balaban J connectivity index is 1.98. The van der Waals surface area contributed by atoms with Crippen LogP contribution in [0.4, 0.5) is 0 Å². The highest BCUT2D eigenvalue weighted by Crippen LogP contribution is 2.43. The highest BCUT2D eigenvalue weighted by atomic mass is 16.1. The molecule has 4 rings (SSSR count). The van der Waals surface area contributed by atoms with Crippen LogP contribution in [-0.2, 0) is 4.79 Å². The maximum Gasteiger partial charge on any atom is 0.155 e. The molecule has 14 heavy (non-hydrogen) atoms. The molecule has 4 aliphatic heterocycles. The Morgan fingerprint density at radius 3 is 2.43 bits per heavy atom. The molecule has 0 aromatic heterocycles. The first-order valence-corrected chi connectivity index (χ1v) is 5.70. The van der Waals surface area contributed by atoms with Gasteiger partial charge in [0.2, 0.25) is 0 Å². The van der Waals surface area contributed by atoms with Gasteiger partial charge in [-0.2, -0.15) is 0 Å². The highest BCUT2D eigenvalue weighted by Gasteiger charge is 2.56. The summed E-state index contributed by atoms with van der Waals surface area (Å²) in [6.45, 7) is 4.41. The second-order valence-corrected chi connectivity index (χ2v) is 5.07. The van der Waals surface area contributed by atoms with Crippen LogP contribution in [0.1, 0.15) is 19.3 Å². The largest absolute Gasteiger partial charge is 0.301 e. The van der Waals surface area contributed by atoms with Crippen molar-refractivity contribution in [2.45, 2.75) is 24.8 Å². The smallest absolute Gasteiger partial charge is 0.155 e. The quantitative estimate of drug-likeness (QED) is 0.556. The summed E-state index contributed by atoms with van der Waals surface area (Å²) < 4.78 is 0. The number of ketones is 1. The SMILES string of the molecule is CN1CCC(=O)C12CN1CCC2CC1. The lowest BCUT2D eigenvalue weighted by Gasteiger charge is -2.53. The number of carbonyl (C=O) groups is 1. The maximum absolute atomic E-state index is 12.1. The molecule has 0 aliphatic carbocycles. The Hall–Kier alpha value is -0.410. The zero-order valence-corrected chi connectivity index (χ0v) is 8.83. The molecule has 0 radical (unpaired) electrons. The normalized spacial score (nSPS) is 47.9. The van der Waals surface area contributed by atoms with E-state index in [1.807, 2.05) is 0 Å². The predicted molar refractivity (Wildman–Crippen MR) is 54.1 cm³/mol. The first-order chi connectivity index (χ1) is 6.73. The van der Waals surface area contributed by atoms with Crippen molar-refractivity contribution >= 4 is 5.78 Å². The van der Waals surface area contributed by atoms with Crippen LogP contribution >= 0.6 is 0 Å². The first kappa shape index (κ1) is 8.86. The van der Waals surface area contributed by atoms with E-state index in [0.29, 0.717) is 11.7 Å². The van der Waals surface area contributed by atoms with Crippen LogP contribution < -0.4 is 0 Å². The number of hydrogen-bond donors (Lipinski definition) is 0. The molecule has 1 atom stereocenters. The lowest BCUT2D eigenvalue weighted by Crippen LogP contribution is -2.66. The molecule has 4 fully saturated rings. The molecule has 0 N–H and O–H groups in total. The van der Waals surface area contributed by atoms with E-state index in [9.17, 15) is 4.79 Å². The van der Waals surface area contributed by atoms with E-state index in [1.165, 1.54) is 25.9 Å². The van der Waals surface area contributed by atoms with E-state index in [-0.39, 0.29) is 5.54 Å². The average Bonchev–Trinajstić information content (AvgIpc) is 2.49. The van der Waals surface area contributed by atoms with Crippen LogP contribution in [0.5, 0.6) is 0 Å². The lowest BCUT2D eigenvalue weighted by atomic mass is 9.71. The van der Waals surface area contributed by atoms with Crippen molar-refractivity contribution in [3.63, 3.8) is 0 Å². The minimum Gasteiger partial charge on any atom is -0.301 e. The van der Waals surface area contributed by atoms with Gasteiger partial charge in [-0.25, -0.2) is 0 Å². The minimum absolute atomic E-state index is 0.0729. The van der Waals surface area contributed by atoms with Gasteiger partial charge in [-0.3, -0.25) is 9.69 Å². The Bertz CT molecular complexity index is 270. The Labute approximate surface area is 85.1 Å². The summed E-state index contributed by atoms with van der Waals surface area (Å²) >= 11 is 0. The van der Waals surface area contributed by atoms with Gasteiger partial charge in [-0.1, -0.05) is 0 Å². The molecule has 0 aromatic carbocycles. The molecule has 78 valence electrons. The van der Waals surface area contributed by atoms with E-state index < -0.39 is 0 Å². The fourth-order valence-electron chi connectivity index (χ4n) is 3.68. The van der Waals surface area contributed by atoms with E-state index in [1.54, 1.807) is 0 Å². The zero-order chi connectivity index (χ0) is 9.76. The van der Waals surface area contributed by atoms with Crippen LogP contribution in [0.2, 0.25) is 0 Å². The Kier molecular flexibility index (Phi) is 1.77. The highest BCUT2D eigenvalue weighted by molar-refractivity contribution is 5.91. The van der Waals surface area contributed by atoms with E-state index in [2.05, 4.69) is 16.8 Å². The van der Waals surface area contributed by atoms with Gasteiger partial charge in [0.05, 0.1) is 5.54 Å². The van der Waals surface area contributed by atoms with Crippen LogP contribution in [0.15, 0.2) is 0 Å². The second-order valence-electron chi connectivity index (χ2n) is 5.07. The molecule has 1 unspecified atom stereocenters. The lowest BCUT2D eigenvalue weighted by molar-refractivity contribution is -0.135. The number of fused-ring (bicyclic) bond motifs is 2. The third-order valence-corrected chi connectivity index (χ3v) is 4.57. The monoisotopic (exact) mass is 194 g/mol. The van der Waals surface area contributed by atoms with Crippen LogP contribution in [0.3, 0.4) is 0 Å². The van der Waals surface area contributed by atoms with Crippen LogP contribution in [-0.4, -0.2) is 54.3 Å².